The molecule has 0 aliphatic carbocycles. The van der Waals surface area contributed by atoms with Crippen molar-refractivity contribution in [1.82, 2.24) is 14.7 Å². The molecule has 2 N–H and O–H groups in total. The van der Waals surface area contributed by atoms with E-state index >= 15 is 0 Å². The highest BCUT2D eigenvalue weighted by Crippen LogP contribution is 2.11. The average molecular weight is 307 g/mol. The predicted octanol–water partition coefficient (Wildman–Crippen LogP) is 1.69. The first-order valence-corrected chi connectivity index (χ1v) is 6.74. The third-order valence-electron chi connectivity index (χ3n) is 3.22. The molecular weight excluding hydrogens is 287 g/mol. The van der Waals surface area contributed by atoms with Gasteiger partial charge in [0.1, 0.15) is 0 Å². The van der Waals surface area contributed by atoms with Gasteiger partial charge in [-0.05, 0) is 12.8 Å². The largest absolute Gasteiger partial charge is 0.341 e. The number of nitrogens with two attached hydrogens (primary N) is 1. The lowest BCUT2D eigenvalue weighted by Gasteiger charge is -2.22. The number of carbonyl (C=O) groups is 1. The molecule has 0 bridgehead atoms. The van der Waals surface area contributed by atoms with Crippen LogP contribution in [0, 0.1) is 0 Å². The van der Waals surface area contributed by atoms with Gasteiger partial charge in [0, 0.05) is 38.3 Å². The fourth-order valence-corrected chi connectivity index (χ4v) is 2.39. The fourth-order valence-electron chi connectivity index (χ4n) is 2.23. The highest BCUT2D eigenvalue weighted by molar-refractivity contribution is 6.30. The van der Waals surface area contributed by atoms with Crippen LogP contribution in [0.4, 0.5) is 0 Å². The van der Waals surface area contributed by atoms with E-state index in [4.69, 9.17) is 17.3 Å². The number of carbonyl (C=O) groups excluding carboxylic acids is 1. The number of likely N-dealkylation sites (tertiary alicyclic amines) is 1. The monoisotopic (exact) mass is 306 g/mol. The van der Waals surface area contributed by atoms with Gasteiger partial charge in [0.2, 0.25) is 5.91 Å². The molecule has 2 heterocycles. The molecule has 0 spiro atoms. The molecule has 19 heavy (non-hydrogen) atoms. The number of amides is 1. The molecule has 0 radical (unpaired) electrons. The molecule has 1 atom stereocenters. The molecule has 1 unspecified atom stereocenters. The Labute approximate surface area is 124 Å². The zero-order valence-corrected chi connectivity index (χ0v) is 12.4. The Bertz CT molecular complexity index is 410. The molecule has 1 amide bonds. The first kappa shape index (κ1) is 16.3. The van der Waals surface area contributed by atoms with Crippen molar-refractivity contribution in [1.29, 1.82) is 0 Å². The fraction of sp³-hybridized carbons (Fsp3) is 0.667. The van der Waals surface area contributed by atoms with Crippen molar-refractivity contribution >= 4 is 29.9 Å². The summed E-state index contributed by atoms with van der Waals surface area (Å²) in [5.41, 5.74) is 5.94. The van der Waals surface area contributed by atoms with Gasteiger partial charge in [-0.15, -0.1) is 12.4 Å². The Morgan fingerprint density at radius 3 is 3.00 bits per heavy atom. The number of nitrogens with zero attached hydrogens (tertiary/aromatic N) is 3. The number of aromatic nitrogens is 2. The molecular formula is C12H20Cl2N4O. The molecule has 5 nitrogen and oxygen atoms in total. The van der Waals surface area contributed by atoms with E-state index in [1.807, 2.05) is 4.90 Å². The average Bonchev–Trinajstić information content (AvgIpc) is 2.63. The maximum Gasteiger partial charge on any atom is 0.224 e. The van der Waals surface area contributed by atoms with Gasteiger partial charge in [0.25, 0.3) is 0 Å². The van der Waals surface area contributed by atoms with Crippen LogP contribution in [0.2, 0.25) is 5.02 Å². The summed E-state index contributed by atoms with van der Waals surface area (Å²) in [7, 11) is 0. The topological polar surface area (TPSA) is 64.2 Å². The molecule has 2 rings (SSSR count). The maximum absolute atomic E-state index is 12.1. The Hall–Kier alpha value is -0.780. The second-order valence-electron chi connectivity index (χ2n) is 4.77. The first-order chi connectivity index (χ1) is 8.65. The van der Waals surface area contributed by atoms with Crippen molar-refractivity contribution in [2.24, 2.45) is 5.73 Å². The highest BCUT2D eigenvalue weighted by Gasteiger charge is 2.19. The minimum absolute atomic E-state index is 0. The summed E-state index contributed by atoms with van der Waals surface area (Å²) in [6.45, 7) is 2.07. The molecule has 0 aromatic carbocycles. The van der Waals surface area contributed by atoms with Crippen molar-refractivity contribution in [3.8, 4) is 0 Å². The molecule has 1 aliphatic heterocycles. The number of aryl methyl sites for hydroxylation is 1. The molecule has 108 valence electrons. The summed E-state index contributed by atoms with van der Waals surface area (Å²) >= 11 is 5.77. The lowest BCUT2D eigenvalue weighted by atomic mass is 10.2. The van der Waals surface area contributed by atoms with E-state index in [2.05, 4.69) is 5.10 Å². The van der Waals surface area contributed by atoms with E-state index in [0.717, 1.165) is 25.8 Å². The van der Waals surface area contributed by atoms with E-state index in [1.54, 1.807) is 17.1 Å². The van der Waals surface area contributed by atoms with Crippen molar-refractivity contribution in [2.45, 2.75) is 38.3 Å². The van der Waals surface area contributed by atoms with Gasteiger partial charge in [-0.2, -0.15) is 5.10 Å². The molecule has 7 heteroatoms. The molecule has 1 aromatic rings. The standard InChI is InChI=1S/C12H19ClN4O.ClH/c13-10-7-15-17(8-10)6-4-12(18)16-5-2-1-3-11(14)9-16;/h7-8,11H,1-6,9,14H2;1H. The maximum atomic E-state index is 12.1. The van der Waals surface area contributed by atoms with Crippen LogP contribution < -0.4 is 5.73 Å². The van der Waals surface area contributed by atoms with Crippen molar-refractivity contribution in [3.63, 3.8) is 0 Å². The van der Waals surface area contributed by atoms with Crippen LogP contribution in [0.1, 0.15) is 25.7 Å². The summed E-state index contributed by atoms with van der Waals surface area (Å²) in [6, 6.07) is 0.121. The van der Waals surface area contributed by atoms with Gasteiger partial charge >= 0.3 is 0 Å². The van der Waals surface area contributed by atoms with Crippen LogP contribution in [0.25, 0.3) is 0 Å². The third-order valence-corrected chi connectivity index (χ3v) is 3.41. The molecule has 1 aliphatic rings. The Balaban J connectivity index is 0.00000180. The van der Waals surface area contributed by atoms with Crippen LogP contribution >= 0.6 is 24.0 Å². The van der Waals surface area contributed by atoms with E-state index in [0.29, 0.717) is 24.5 Å². The van der Waals surface area contributed by atoms with Crippen LogP contribution in [0.5, 0.6) is 0 Å². The second-order valence-corrected chi connectivity index (χ2v) is 5.20. The number of halogens is 2. The molecule has 1 saturated heterocycles. The minimum atomic E-state index is 0. The van der Waals surface area contributed by atoms with Gasteiger partial charge in [0.15, 0.2) is 0 Å². The number of hydrogen-bond donors (Lipinski definition) is 1. The SMILES string of the molecule is Cl.NC1CCCCN(C(=O)CCn2cc(Cl)cn2)C1. The normalized spacial score (nSPS) is 19.7. The zero-order chi connectivity index (χ0) is 13.0. The van der Waals surface area contributed by atoms with Crippen LogP contribution in [0.3, 0.4) is 0 Å². The van der Waals surface area contributed by atoms with E-state index in [9.17, 15) is 4.79 Å². The van der Waals surface area contributed by atoms with E-state index in [-0.39, 0.29) is 24.4 Å². The summed E-state index contributed by atoms with van der Waals surface area (Å²) in [5, 5.41) is 4.65. The zero-order valence-electron chi connectivity index (χ0n) is 10.8. The summed E-state index contributed by atoms with van der Waals surface area (Å²) < 4.78 is 1.69. The molecule has 0 saturated carbocycles. The van der Waals surface area contributed by atoms with Gasteiger partial charge in [-0.1, -0.05) is 18.0 Å². The first-order valence-electron chi connectivity index (χ1n) is 6.36. The predicted molar refractivity (Wildman–Crippen MR) is 77.5 cm³/mol. The lowest BCUT2D eigenvalue weighted by Crippen LogP contribution is -2.40. The Kier molecular flexibility index (Phi) is 6.62. The quantitative estimate of drug-likeness (QED) is 0.924. The van der Waals surface area contributed by atoms with E-state index in [1.165, 1.54) is 0 Å². The number of rotatable bonds is 3. The van der Waals surface area contributed by atoms with Crippen LogP contribution in [-0.2, 0) is 11.3 Å². The number of hydrogen-bond acceptors (Lipinski definition) is 3. The Morgan fingerprint density at radius 1 is 1.53 bits per heavy atom. The summed E-state index contributed by atoms with van der Waals surface area (Å²) in [6.07, 6.45) is 6.92. The molecule has 1 aromatic heterocycles. The highest BCUT2D eigenvalue weighted by atomic mass is 35.5. The summed E-state index contributed by atoms with van der Waals surface area (Å²) in [5.74, 6) is 0.152. The van der Waals surface area contributed by atoms with Crippen LogP contribution in [0.15, 0.2) is 12.4 Å². The Morgan fingerprint density at radius 2 is 2.32 bits per heavy atom. The second kappa shape index (κ2) is 7.72. The van der Waals surface area contributed by atoms with Gasteiger partial charge < -0.3 is 10.6 Å². The molecule has 1 fully saturated rings. The van der Waals surface area contributed by atoms with Crippen molar-refractivity contribution in [3.05, 3.63) is 17.4 Å². The van der Waals surface area contributed by atoms with Gasteiger partial charge in [0.05, 0.1) is 11.2 Å². The van der Waals surface area contributed by atoms with Gasteiger partial charge in [-0.25, -0.2) is 0 Å². The van der Waals surface area contributed by atoms with Crippen molar-refractivity contribution < 1.29 is 4.79 Å². The minimum Gasteiger partial charge on any atom is -0.341 e. The van der Waals surface area contributed by atoms with Crippen molar-refractivity contribution in [2.75, 3.05) is 13.1 Å². The van der Waals surface area contributed by atoms with E-state index < -0.39 is 0 Å². The van der Waals surface area contributed by atoms with Crippen LogP contribution in [-0.4, -0.2) is 39.7 Å². The summed E-state index contributed by atoms with van der Waals surface area (Å²) in [4.78, 5) is 14.0. The third kappa shape index (κ3) is 5.01. The van der Waals surface area contributed by atoms with Gasteiger partial charge in [-0.3, -0.25) is 9.48 Å². The lowest BCUT2D eigenvalue weighted by molar-refractivity contribution is -0.131. The smallest absolute Gasteiger partial charge is 0.224 e.